The molecule has 0 spiro atoms. The summed E-state index contributed by atoms with van der Waals surface area (Å²) >= 11 is 0. The van der Waals surface area contributed by atoms with Crippen LogP contribution in [-0.2, 0) is 19.6 Å². The van der Waals surface area contributed by atoms with Gasteiger partial charge >= 0.3 is 11.8 Å². The van der Waals surface area contributed by atoms with Gasteiger partial charge in [0.25, 0.3) is 0 Å². The minimum atomic E-state index is -3.70. The Hall–Kier alpha value is -3.42. The maximum absolute atomic E-state index is 13.2. The SMILES string of the molecule is COc1ccc(S(=O)(=O)N2CCCCC2CCNC(=O)C(=O)Nc2ccccc2C#N)cc1. The van der Waals surface area contributed by atoms with E-state index in [1.807, 2.05) is 6.07 Å². The van der Waals surface area contributed by atoms with Crippen LogP contribution in [0, 0.1) is 11.3 Å². The molecule has 0 aliphatic carbocycles. The van der Waals surface area contributed by atoms with Crippen molar-refractivity contribution >= 4 is 27.5 Å². The summed E-state index contributed by atoms with van der Waals surface area (Å²) in [6, 6.07) is 14.3. The second-order valence-electron chi connectivity index (χ2n) is 7.60. The maximum atomic E-state index is 13.2. The lowest BCUT2D eigenvalue weighted by Crippen LogP contribution is -2.45. The van der Waals surface area contributed by atoms with Crippen LogP contribution in [0.5, 0.6) is 5.75 Å². The molecule has 0 aromatic heterocycles. The molecule has 1 atom stereocenters. The lowest BCUT2D eigenvalue weighted by molar-refractivity contribution is -0.136. The van der Waals surface area contributed by atoms with Gasteiger partial charge < -0.3 is 15.4 Å². The molecule has 1 fully saturated rings. The fourth-order valence-corrected chi connectivity index (χ4v) is 5.49. The first-order chi connectivity index (χ1) is 15.9. The third-order valence-corrected chi connectivity index (χ3v) is 7.47. The van der Waals surface area contributed by atoms with Crippen molar-refractivity contribution < 1.29 is 22.7 Å². The number of benzene rings is 2. The summed E-state index contributed by atoms with van der Waals surface area (Å²) in [5.74, 6) is -1.16. The fraction of sp³-hybridized carbons (Fsp3) is 0.348. The predicted octanol–water partition coefficient (Wildman–Crippen LogP) is 2.26. The molecule has 2 aromatic carbocycles. The minimum Gasteiger partial charge on any atom is -0.497 e. The number of sulfonamides is 1. The number of hydrogen-bond acceptors (Lipinski definition) is 6. The minimum absolute atomic E-state index is 0.144. The van der Waals surface area contributed by atoms with Crippen LogP contribution in [0.4, 0.5) is 5.69 Å². The van der Waals surface area contributed by atoms with Gasteiger partial charge in [-0.2, -0.15) is 9.57 Å². The highest BCUT2D eigenvalue weighted by atomic mass is 32.2. The summed E-state index contributed by atoms with van der Waals surface area (Å²) in [4.78, 5) is 24.6. The zero-order valence-corrected chi connectivity index (χ0v) is 19.1. The molecule has 174 valence electrons. The highest BCUT2D eigenvalue weighted by Gasteiger charge is 2.33. The second kappa shape index (κ2) is 10.9. The smallest absolute Gasteiger partial charge is 0.313 e. The van der Waals surface area contributed by atoms with Crippen molar-refractivity contribution in [3.8, 4) is 11.8 Å². The quantitative estimate of drug-likeness (QED) is 0.597. The predicted molar refractivity (Wildman–Crippen MR) is 122 cm³/mol. The van der Waals surface area contributed by atoms with Crippen LogP contribution in [0.3, 0.4) is 0 Å². The zero-order chi connectivity index (χ0) is 23.8. The number of piperidine rings is 1. The Kier molecular flexibility index (Phi) is 8.03. The number of nitriles is 1. The molecule has 33 heavy (non-hydrogen) atoms. The third kappa shape index (κ3) is 5.88. The fourth-order valence-electron chi connectivity index (χ4n) is 3.76. The summed E-state index contributed by atoms with van der Waals surface area (Å²) in [6.45, 7) is 0.545. The van der Waals surface area contributed by atoms with Gasteiger partial charge in [0.15, 0.2) is 0 Å². The van der Waals surface area contributed by atoms with Gasteiger partial charge in [-0.05, 0) is 55.7 Å². The molecular formula is C23H26N4O5S. The second-order valence-corrected chi connectivity index (χ2v) is 9.49. The van der Waals surface area contributed by atoms with Crippen molar-refractivity contribution in [3.63, 3.8) is 0 Å². The summed E-state index contributed by atoms with van der Waals surface area (Å²) in [6.07, 6.45) is 2.70. The molecule has 1 heterocycles. The van der Waals surface area contributed by atoms with Crippen LogP contribution in [0.25, 0.3) is 0 Å². The largest absolute Gasteiger partial charge is 0.497 e. The molecule has 1 unspecified atom stereocenters. The molecule has 0 radical (unpaired) electrons. The molecule has 1 aliphatic heterocycles. The van der Waals surface area contributed by atoms with Gasteiger partial charge in [0.1, 0.15) is 11.8 Å². The summed E-state index contributed by atoms with van der Waals surface area (Å²) in [5.41, 5.74) is 0.504. The van der Waals surface area contributed by atoms with Gasteiger partial charge in [0.05, 0.1) is 23.3 Å². The Bertz CT molecular complexity index is 1140. The molecule has 0 saturated carbocycles. The molecule has 2 amide bonds. The Morgan fingerprint density at radius 3 is 2.55 bits per heavy atom. The average Bonchev–Trinajstić information content (AvgIpc) is 2.84. The number of para-hydroxylation sites is 1. The Labute approximate surface area is 193 Å². The van der Waals surface area contributed by atoms with Gasteiger partial charge in [-0.1, -0.05) is 18.6 Å². The maximum Gasteiger partial charge on any atom is 0.313 e. The van der Waals surface area contributed by atoms with E-state index < -0.39 is 21.8 Å². The highest BCUT2D eigenvalue weighted by molar-refractivity contribution is 7.89. The number of carbonyl (C=O) groups is 2. The van der Waals surface area contributed by atoms with Crippen molar-refractivity contribution in [3.05, 3.63) is 54.1 Å². The topological polar surface area (TPSA) is 129 Å². The lowest BCUT2D eigenvalue weighted by Gasteiger charge is -2.34. The molecule has 1 saturated heterocycles. The van der Waals surface area contributed by atoms with Crippen LogP contribution in [0.1, 0.15) is 31.2 Å². The number of hydrogen-bond donors (Lipinski definition) is 2. The molecule has 10 heteroatoms. The number of rotatable bonds is 7. The highest BCUT2D eigenvalue weighted by Crippen LogP contribution is 2.28. The van der Waals surface area contributed by atoms with E-state index >= 15 is 0 Å². The number of amides is 2. The standard InChI is InChI=1S/C23H26N4O5S/c1-32-19-9-11-20(12-10-19)33(30,31)27-15-5-4-7-18(27)13-14-25-22(28)23(29)26-21-8-3-2-6-17(21)16-24/h2-3,6,8-12,18H,4-5,7,13-15H2,1H3,(H,25,28)(H,26,29). The first-order valence-corrected chi connectivity index (χ1v) is 12.0. The molecule has 2 N–H and O–H groups in total. The molecule has 1 aliphatic rings. The zero-order valence-electron chi connectivity index (χ0n) is 18.3. The van der Waals surface area contributed by atoms with E-state index in [0.29, 0.717) is 25.1 Å². The van der Waals surface area contributed by atoms with Crippen molar-refractivity contribution in [2.24, 2.45) is 0 Å². The Morgan fingerprint density at radius 2 is 1.85 bits per heavy atom. The number of nitrogens with one attached hydrogen (secondary N) is 2. The van der Waals surface area contributed by atoms with E-state index in [4.69, 9.17) is 10.00 Å². The lowest BCUT2D eigenvalue weighted by atomic mass is 10.0. The van der Waals surface area contributed by atoms with Gasteiger partial charge in [-0.15, -0.1) is 0 Å². The molecule has 3 rings (SSSR count). The Balaban J connectivity index is 1.59. The first-order valence-electron chi connectivity index (χ1n) is 10.6. The monoisotopic (exact) mass is 470 g/mol. The van der Waals surface area contributed by atoms with Gasteiger partial charge in [-0.3, -0.25) is 9.59 Å². The number of methoxy groups -OCH3 is 1. The summed E-state index contributed by atoms with van der Waals surface area (Å²) in [5, 5.41) is 14.1. The van der Waals surface area contributed by atoms with Crippen molar-refractivity contribution in [2.45, 2.75) is 36.6 Å². The summed E-state index contributed by atoms with van der Waals surface area (Å²) < 4.78 is 32.9. The van der Waals surface area contributed by atoms with E-state index in [-0.39, 0.29) is 28.7 Å². The van der Waals surface area contributed by atoms with Crippen LogP contribution >= 0.6 is 0 Å². The first kappa shape index (κ1) is 24.2. The molecule has 9 nitrogen and oxygen atoms in total. The summed E-state index contributed by atoms with van der Waals surface area (Å²) in [7, 11) is -2.18. The molecular weight excluding hydrogens is 444 g/mol. The Morgan fingerprint density at radius 1 is 1.12 bits per heavy atom. The van der Waals surface area contributed by atoms with E-state index in [0.717, 1.165) is 12.8 Å². The van der Waals surface area contributed by atoms with E-state index in [2.05, 4.69) is 10.6 Å². The number of anilines is 1. The number of carbonyl (C=O) groups excluding carboxylic acids is 2. The van der Waals surface area contributed by atoms with E-state index in [9.17, 15) is 18.0 Å². The number of ether oxygens (including phenoxy) is 1. The normalized spacial score (nSPS) is 16.4. The van der Waals surface area contributed by atoms with E-state index in [1.165, 1.54) is 35.7 Å². The molecule has 2 aromatic rings. The van der Waals surface area contributed by atoms with Crippen molar-refractivity contribution in [2.75, 3.05) is 25.5 Å². The number of nitrogens with zero attached hydrogens (tertiary/aromatic N) is 2. The van der Waals surface area contributed by atoms with Crippen LogP contribution in [0.2, 0.25) is 0 Å². The third-order valence-electron chi connectivity index (χ3n) is 5.50. The van der Waals surface area contributed by atoms with Crippen molar-refractivity contribution in [1.29, 1.82) is 5.26 Å². The van der Waals surface area contributed by atoms with Gasteiger partial charge in [-0.25, -0.2) is 8.42 Å². The van der Waals surface area contributed by atoms with Crippen LogP contribution in [0.15, 0.2) is 53.4 Å². The van der Waals surface area contributed by atoms with Gasteiger partial charge in [0.2, 0.25) is 10.0 Å². The molecule has 0 bridgehead atoms. The van der Waals surface area contributed by atoms with Crippen LogP contribution in [-0.4, -0.2) is 50.8 Å². The van der Waals surface area contributed by atoms with Crippen LogP contribution < -0.4 is 15.4 Å². The average molecular weight is 471 g/mol. The van der Waals surface area contributed by atoms with E-state index in [1.54, 1.807) is 24.3 Å². The van der Waals surface area contributed by atoms with Gasteiger partial charge in [0, 0.05) is 19.1 Å². The van der Waals surface area contributed by atoms with Crippen molar-refractivity contribution in [1.82, 2.24) is 9.62 Å².